The third kappa shape index (κ3) is 4.20. The van der Waals surface area contributed by atoms with Gasteiger partial charge in [-0.05, 0) is 42.9 Å². The van der Waals surface area contributed by atoms with Crippen LogP contribution in [-0.4, -0.2) is 36.7 Å². The second-order valence-electron chi connectivity index (χ2n) is 5.91. The number of nitrogens with zero attached hydrogens (tertiary/aromatic N) is 3. The predicted molar refractivity (Wildman–Crippen MR) is 92.3 cm³/mol. The molecule has 1 fully saturated rings. The van der Waals surface area contributed by atoms with Crippen molar-refractivity contribution in [3.63, 3.8) is 0 Å². The molecule has 0 aliphatic carbocycles. The summed E-state index contributed by atoms with van der Waals surface area (Å²) in [6.07, 6.45) is 3.50. The van der Waals surface area contributed by atoms with Crippen molar-refractivity contribution >= 4 is 16.7 Å². The summed E-state index contributed by atoms with van der Waals surface area (Å²) < 4.78 is 14.7. The lowest BCUT2D eigenvalue weighted by Gasteiger charge is -2.31. The first-order chi connectivity index (χ1) is 11.3. The summed E-state index contributed by atoms with van der Waals surface area (Å²) in [4.78, 5) is 6.89. The predicted octanol–water partition coefficient (Wildman–Crippen LogP) is 3.15. The Balaban J connectivity index is 1.53. The third-order valence-electron chi connectivity index (χ3n) is 4.27. The summed E-state index contributed by atoms with van der Waals surface area (Å²) in [6, 6.07) is 8.41. The van der Waals surface area contributed by atoms with Crippen LogP contribution in [0, 0.1) is 5.92 Å². The molecule has 0 saturated carbocycles. The Hall–Kier alpha value is -1.66. The van der Waals surface area contributed by atoms with Crippen LogP contribution in [0.4, 0.5) is 5.13 Å². The fourth-order valence-corrected chi connectivity index (χ4v) is 3.75. The van der Waals surface area contributed by atoms with E-state index in [0.717, 1.165) is 42.1 Å². The maximum absolute atomic E-state index is 5.31. The first-order valence-corrected chi connectivity index (χ1v) is 8.75. The molecule has 23 heavy (non-hydrogen) atoms. The third-order valence-corrected chi connectivity index (χ3v) is 5.09. The molecule has 1 aliphatic rings. The molecule has 0 amide bonds. The van der Waals surface area contributed by atoms with Crippen molar-refractivity contribution in [1.29, 1.82) is 0 Å². The molecule has 0 spiro atoms. The van der Waals surface area contributed by atoms with Crippen LogP contribution >= 0.6 is 11.5 Å². The summed E-state index contributed by atoms with van der Waals surface area (Å²) in [5.74, 6) is 2.45. The lowest BCUT2D eigenvalue weighted by molar-refractivity contribution is 0.179. The van der Waals surface area contributed by atoms with Gasteiger partial charge in [0.05, 0.1) is 7.11 Å². The van der Waals surface area contributed by atoms with Crippen molar-refractivity contribution in [2.24, 2.45) is 5.92 Å². The minimum atomic E-state index is 0.489. The number of piperidine rings is 1. The monoisotopic (exact) mass is 333 g/mol. The molecule has 6 heteroatoms. The molecule has 124 valence electrons. The van der Waals surface area contributed by atoms with E-state index in [0.29, 0.717) is 6.61 Å². The smallest absolute Gasteiger partial charge is 0.205 e. The summed E-state index contributed by atoms with van der Waals surface area (Å²) >= 11 is 1.47. The molecular weight excluding hydrogens is 310 g/mol. The average molecular weight is 333 g/mol. The van der Waals surface area contributed by atoms with Gasteiger partial charge in [-0.1, -0.05) is 12.1 Å². The van der Waals surface area contributed by atoms with E-state index in [1.54, 1.807) is 14.2 Å². The van der Waals surface area contributed by atoms with E-state index in [-0.39, 0.29) is 0 Å². The Kier molecular flexibility index (Phi) is 5.46. The van der Waals surface area contributed by atoms with Crippen molar-refractivity contribution in [1.82, 2.24) is 9.36 Å². The molecule has 0 atom stereocenters. The molecule has 1 saturated heterocycles. The first kappa shape index (κ1) is 16.2. The van der Waals surface area contributed by atoms with Crippen LogP contribution in [0.3, 0.4) is 0 Å². The Morgan fingerprint density at radius 2 is 2.09 bits per heavy atom. The molecule has 0 bridgehead atoms. The normalized spacial score (nSPS) is 15.8. The zero-order valence-electron chi connectivity index (χ0n) is 13.7. The lowest BCUT2D eigenvalue weighted by Crippen LogP contribution is -2.34. The second-order valence-corrected chi connectivity index (χ2v) is 6.64. The van der Waals surface area contributed by atoms with Gasteiger partial charge in [0.15, 0.2) is 5.82 Å². The molecule has 0 radical (unpaired) electrons. The topological polar surface area (TPSA) is 47.5 Å². The largest absolute Gasteiger partial charge is 0.497 e. The molecule has 1 aromatic carbocycles. The number of aromatic nitrogens is 2. The Morgan fingerprint density at radius 3 is 2.83 bits per heavy atom. The molecule has 0 N–H and O–H groups in total. The van der Waals surface area contributed by atoms with E-state index in [1.165, 1.54) is 29.9 Å². The fraction of sp³-hybridized carbons (Fsp3) is 0.529. The number of benzene rings is 1. The van der Waals surface area contributed by atoms with Gasteiger partial charge in [0.1, 0.15) is 12.4 Å². The van der Waals surface area contributed by atoms with Gasteiger partial charge in [-0.25, -0.2) is 4.98 Å². The highest BCUT2D eigenvalue weighted by molar-refractivity contribution is 7.09. The van der Waals surface area contributed by atoms with Gasteiger partial charge in [0.25, 0.3) is 0 Å². The van der Waals surface area contributed by atoms with E-state index < -0.39 is 0 Å². The van der Waals surface area contributed by atoms with Crippen LogP contribution < -0.4 is 9.64 Å². The van der Waals surface area contributed by atoms with Crippen LogP contribution in [0.2, 0.25) is 0 Å². The van der Waals surface area contributed by atoms with E-state index in [9.17, 15) is 0 Å². The molecule has 3 rings (SSSR count). The van der Waals surface area contributed by atoms with Crippen molar-refractivity contribution in [2.75, 3.05) is 32.2 Å². The zero-order valence-corrected chi connectivity index (χ0v) is 14.5. The molecule has 2 aromatic rings. The van der Waals surface area contributed by atoms with Crippen molar-refractivity contribution in [2.45, 2.75) is 25.9 Å². The Labute approximate surface area is 141 Å². The Bertz CT molecular complexity index is 624. The molecule has 1 aromatic heterocycles. The molecule has 2 heterocycles. The average Bonchev–Trinajstić information content (AvgIpc) is 3.05. The second kappa shape index (κ2) is 7.75. The van der Waals surface area contributed by atoms with Crippen LogP contribution in [0.25, 0.3) is 0 Å². The van der Waals surface area contributed by atoms with E-state index in [1.807, 2.05) is 6.07 Å². The summed E-state index contributed by atoms with van der Waals surface area (Å²) in [7, 11) is 3.39. The van der Waals surface area contributed by atoms with Crippen molar-refractivity contribution in [3.8, 4) is 5.75 Å². The molecule has 0 unspecified atom stereocenters. The van der Waals surface area contributed by atoms with Crippen LogP contribution in [0.1, 0.15) is 24.2 Å². The van der Waals surface area contributed by atoms with Crippen LogP contribution in [0.15, 0.2) is 24.3 Å². The molecule has 1 aliphatic heterocycles. The number of anilines is 1. The highest BCUT2D eigenvalue weighted by atomic mass is 32.1. The number of ether oxygens (including phenoxy) is 2. The Morgan fingerprint density at radius 1 is 1.26 bits per heavy atom. The SMILES string of the molecule is COCc1nsc(N2CCC(Cc3cccc(OC)c3)CC2)n1. The minimum Gasteiger partial charge on any atom is -0.497 e. The zero-order chi connectivity index (χ0) is 16.1. The highest BCUT2D eigenvalue weighted by Gasteiger charge is 2.22. The number of hydrogen-bond acceptors (Lipinski definition) is 6. The number of rotatable bonds is 6. The van der Waals surface area contributed by atoms with Crippen LogP contribution in [-0.2, 0) is 17.8 Å². The fourth-order valence-electron chi connectivity index (χ4n) is 3.02. The number of methoxy groups -OCH3 is 2. The standard InChI is InChI=1S/C17H23N3O2S/c1-21-12-16-18-17(23-19-16)20-8-6-13(7-9-20)10-14-4-3-5-15(11-14)22-2/h3-5,11,13H,6-10,12H2,1-2H3. The van der Waals surface area contributed by atoms with E-state index in [4.69, 9.17) is 9.47 Å². The van der Waals surface area contributed by atoms with Gasteiger partial charge in [-0.2, -0.15) is 4.37 Å². The molecular formula is C17H23N3O2S. The van der Waals surface area contributed by atoms with Crippen molar-refractivity contribution < 1.29 is 9.47 Å². The van der Waals surface area contributed by atoms with Crippen molar-refractivity contribution in [3.05, 3.63) is 35.7 Å². The first-order valence-electron chi connectivity index (χ1n) is 7.98. The maximum Gasteiger partial charge on any atom is 0.205 e. The summed E-state index contributed by atoms with van der Waals surface area (Å²) in [5.41, 5.74) is 1.36. The van der Waals surface area contributed by atoms with Gasteiger partial charge in [-0.3, -0.25) is 0 Å². The van der Waals surface area contributed by atoms with Gasteiger partial charge < -0.3 is 14.4 Å². The van der Waals surface area contributed by atoms with Crippen LogP contribution in [0.5, 0.6) is 5.75 Å². The van der Waals surface area contributed by atoms with Gasteiger partial charge in [-0.15, -0.1) is 0 Å². The van der Waals surface area contributed by atoms with E-state index >= 15 is 0 Å². The maximum atomic E-state index is 5.31. The number of hydrogen-bond donors (Lipinski definition) is 0. The summed E-state index contributed by atoms with van der Waals surface area (Å²) in [6.45, 7) is 2.59. The van der Waals surface area contributed by atoms with E-state index in [2.05, 4.69) is 32.5 Å². The van der Waals surface area contributed by atoms with Gasteiger partial charge in [0.2, 0.25) is 5.13 Å². The molecule has 5 nitrogen and oxygen atoms in total. The van der Waals surface area contributed by atoms with Gasteiger partial charge >= 0.3 is 0 Å². The quantitative estimate of drug-likeness (QED) is 0.813. The summed E-state index contributed by atoms with van der Waals surface area (Å²) in [5, 5.41) is 1.02. The highest BCUT2D eigenvalue weighted by Crippen LogP contribution is 2.27. The minimum absolute atomic E-state index is 0.489. The lowest BCUT2D eigenvalue weighted by atomic mass is 9.90. The van der Waals surface area contributed by atoms with Gasteiger partial charge in [0, 0.05) is 31.7 Å².